The van der Waals surface area contributed by atoms with E-state index in [-0.39, 0.29) is 0 Å². The van der Waals surface area contributed by atoms with Crippen LogP contribution in [0.2, 0.25) is 0 Å². The topological polar surface area (TPSA) is 72.6 Å². The molecule has 0 bridgehead atoms. The number of halogens is 1. The van der Waals surface area contributed by atoms with Crippen molar-refractivity contribution < 1.29 is 0 Å². The lowest BCUT2D eigenvalue weighted by Gasteiger charge is -2.32. The van der Waals surface area contributed by atoms with Crippen LogP contribution in [0.15, 0.2) is 24.7 Å². The Hall–Kier alpha value is -1.49. The van der Waals surface area contributed by atoms with Crippen LogP contribution >= 0.6 is 30.3 Å². The first-order valence-corrected chi connectivity index (χ1v) is 12.6. The van der Waals surface area contributed by atoms with Crippen molar-refractivity contribution in [2.75, 3.05) is 10.6 Å². The van der Waals surface area contributed by atoms with Gasteiger partial charge in [0.15, 0.2) is 5.65 Å². The third-order valence-electron chi connectivity index (χ3n) is 5.19. The second-order valence-corrected chi connectivity index (χ2v) is 9.11. The van der Waals surface area contributed by atoms with Crippen molar-refractivity contribution in [2.45, 2.75) is 52.1 Å². The molecular weight excluding hydrogens is 473 g/mol. The van der Waals surface area contributed by atoms with Gasteiger partial charge in [0.25, 0.3) is 0 Å². The Morgan fingerprint density at radius 2 is 2.07 bits per heavy atom. The van der Waals surface area contributed by atoms with Crippen LogP contribution in [-0.2, 0) is 0 Å². The zero-order valence-corrected chi connectivity index (χ0v) is 18.7. The number of rotatable bonds is 7. The summed E-state index contributed by atoms with van der Waals surface area (Å²) in [6.07, 6.45) is 9.76. The van der Waals surface area contributed by atoms with Gasteiger partial charge >= 0.3 is 0 Å². The number of hydrogen-bond donors (Lipinski definition) is 2. The fourth-order valence-corrected chi connectivity index (χ4v) is 4.57. The van der Waals surface area contributed by atoms with Gasteiger partial charge in [0.05, 0.1) is 17.3 Å². The molecule has 27 heavy (non-hydrogen) atoms. The Kier molecular flexibility index (Phi) is 5.49. The largest absolute Gasteiger partial charge is 0.367 e. The molecule has 3 heterocycles. The van der Waals surface area contributed by atoms with E-state index in [9.17, 15) is 0 Å². The maximum Gasteiger partial charge on any atom is 0.231 e. The fraction of sp³-hybridized carbons (Fsp3) is 0.500. The van der Waals surface area contributed by atoms with E-state index in [1.165, 1.54) is 19.3 Å². The zero-order chi connectivity index (χ0) is 19.0. The maximum atomic E-state index is 4.78. The molecule has 1 atom stereocenters. The molecule has 0 saturated heterocycles. The minimum atomic E-state index is 0.317. The van der Waals surface area contributed by atoms with E-state index in [1.807, 2.05) is 23.3 Å². The van der Waals surface area contributed by atoms with E-state index in [1.54, 1.807) is 9.12 Å². The highest BCUT2D eigenvalue weighted by molar-refractivity contribution is 14.2. The first kappa shape index (κ1) is 18.9. The van der Waals surface area contributed by atoms with Crippen LogP contribution in [-0.4, -0.2) is 29.8 Å². The van der Waals surface area contributed by atoms with Gasteiger partial charge in [-0.05, 0) is 45.6 Å². The number of aromatic nitrogens is 5. The molecule has 1 saturated carbocycles. The summed E-state index contributed by atoms with van der Waals surface area (Å²) in [6, 6.07) is 2.80. The lowest BCUT2D eigenvalue weighted by atomic mass is 9.80. The Bertz CT molecular complexity index is 931. The van der Waals surface area contributed by atoms with Crippen LogP contribution in [0.4, 0.5) is 17.5 Å². The first-order chi connectivity index (χ1) is 13.0. The van der Waals surface area contributed by atoms with Crippen LogP contribution < -0.4 is 10.6 Å². The molecule has 0 spiro atoms. The van der Waals surface area contributed by atoms with E-state index in [4.69, 9.17) is 9.97 Å². The van der Waals surface area contributed by atoms with Crippen molar-refractivity contribution in [1.29, 1.82) is 0 Å². The number of fused-ring (bicyclic) bond motifs is 1. The molecule has 0 aromatic carbocycles. The van der Waals surface area contributed by atoms with Gasteiger partial charge in [0.1, 0.15) is 5.82 Å². The molecule has 0 unspecified atom stereocenters. The SMILES string of the molecule is CC(C)n1cc(Nc2nc(N[C@@H](C)C3CCC3)c3ccn(SI)c3n2)cn1. The third-order valence-corrected chi connectivity index (χ3v) is 6.91. The minimum absolute atomic E-state index is 0.317. The number of anilines is 3. The molecule has 0 aliphatic heterocycles. The second kappa shape index (κ2) is 7.86. The summed E-state index contributed by atoms with van der Waals surface area (Å²) >= 11 is 2.27. The molecular formula is C18H24IN7S. The van der Waals surface area contributed by atoms with Gasteiger partial charge in [0.2, 0.25) is 5.95 Å². The van der Waals surface area contributed by atoms with Crippen molar-refractivity contribution in [3.05, 3.63) is 24.7 Å². The smallest absolute Gasteiger partial charge is 0.231 e. The molecule has 4 rings (SSSR count). The van der Waals surface area contributed by atoms with Crippen LogP contribution in [0.5, 0.6) is 0 Å². The molecule has 3 aromatic heterocycles. The zero-order valence-electron chi connectivity index (χ0n) is 15.7. The molecule has 2 N–H and O–H groups in total. The van der Waals surface area contributed by atoms with Crippen molar-refractivity contribution >= 4 is 58.8 Å². The van der Waals surface area contributed by atoms with E-state index < -0.39 is 0 Å². The molecule has 9 heteroatoms. The summed E-state index contributed by atoms with van der Waals surface area (Å²) in [4.78, 5) is 9.52. The lowest BCUT2D eigenvalue weighted by molar-refractivity contribution is 0.285. The Labute approximate surface area is 175 Å². The van der Waals surface area contributed by atoms with Crippen molar-refractivity contribution in [3.8, 4) is 0 Å². The van der Waals surface area contributed by atoms with Crippen LogP contribution in [0.3, 0.4) is 0 Å². The van der Waals surface area contributed by atoms with E-state index in [2.05, 4.69) is 67.7 Å². The van der Waals surface area contributed by atoms with Gasteiger partial charge in [0, 0.05) is 54.8 Å². The van der Waals surface area contributed by atoms with E-state index in [0.29, 0.717) is 18.0 Å². The molecule has 1 aliphatic rings. The predicted octanol–water partition coefficient (Wildman–Crippen LogP) is 5.40. The summed E-state index contributed by atoms with van der Waals surface area (Å²) in [6.45, 7) is 6.46. The van der Waals surface area contributed by atoms with Gasteiger partial charge in [-0.3, -0.25) is 8.65 Å². The molecule has 144 valence electrons. The molecule has 1 aliphatic carbocycles. The highest BCUT2D eigenvalue weighted by atomic mass is 127. The van der Waals surface area contributed by atoms with Crippen LogP contribution in [0.1, 0.15) is 46.1 Å². The summed E-state index contributed by atoms with van der Waals surface area (Å²) in [5, 5.41) is 12.4. The first-order valence-electron chi connectivity index (χ1n) is 9.31. The van der Waals surface area contributed by atoms with Crippen molar-refractivity contribution in [2.24, 2.45) is 5.92 Å². The summed E-state index contributed by atoms with van der Waals surface area (Å²) in [5.41, 5.74) is 1.80. The average molecular weight is 497 g/mol. The maximum absolute atomic E-state index is 4.78. The third kappa shape index (κ3) is 3.89. The minimum Gasteiger partial charge on any atom is -0.367 e. The summed E-state index contributed by atoms with van der Waals surface area (Å²) in [7, 11) is 1.60. The monoisotopic (exact) mass is 497 g/mol. The summed E-state index contributed by atoms with van der Waals surface area (Å²) in [5.74, 6) is 2.21. The molecule has 7 nitrogen and oxygen atoms in total. The van der Waals surface area contributed by atoms with Crippen LogP contribution in [0.25, 0.3) is 11.0 Å². The fourth-order valence-electron chi connectivity index (χ4n) is 3.30. The number of nitrogens with one attached hydrogen (secondary N) is 2. The highest BCUT2D eigenvalue weighted by Crippen LogP contribution is 2.34. The molecule has 0 radical (unpaired) electrons. The Balaban J connectivity index is 1.66. The van der Waals surface area contributed by atoms with Gasteiger partial charge < -0.3 is 10.6 Å². The second-order valence-electron chi connectivity index (χ2n) is 7.40. The average Bonchev–Trinajstić information content (AvgIpc) is 3.20. The van der Waals surface area contributed by atoms with Crippen molar-refractivity contribution in [1.82, 2.24) is 23.7 Å². The molecule has 1 fully saturated rings. The van der Waals surface area contributed by atoms with E-state index in [0.717, 1.165) is 28.5 Å². The molecule has 3 aromatic rings. The van der Waals surface area contributed by atoms with Gasteiger partial charge in [-0.25, -0.2) is 0 Å². The summed E-state index contributed by atoms with van der Waals surface area (Å²) < 4.78 is 3.97. The Morgan fingerprint density at radius 1 is 1.26 bits per heavy atom. The van der Waals surface area contributed by atoms with Gasteiger partial charge in [-0.2, -0.15) is 15.1 Å². The highest BCUT2D eigenvalue weighted by Gasteiger charge is 2.25. The number of nitrogens with zero attached hydrogens (tertiary/aromatic N) is 5. The molecule has 0 amide bonds. The normalized spacial score (nSPS) is 15.9. The van der Waals surface area contributed by atoms with Gasteiger partial charge in [-0.1, -0.05) is 6.42 Å². The standard InChI is InChI=1S/C18H24IN7S/c1-11(2)25-10-14(9-20-25)22-18-23-16(21-12(3)13-5-4-6-13)15-7-8-26(27-19)17(15)24-18/h7-13H,4-6H2,1-3H3,(H2,21,22,23,24)/t12-/m0/s1. The van der Waals surface area contributed by atoms with E-state index >= 15 is 0 Å². The Morgan fingerprint density at radius 3 is 2.70 bits per heavy atom. The van der Waals surface area contributed by atoms with Crippen LogP contribution in [0, 0.1) is 5.92 Å². The number of hydrogen-bond acceptors (Lipinski definition) is 6. The quantitative estimate of drug-likeness (QED) is 0.426. The predicted molar refractivity (Wildman–Crippen MR) is 121 cm³/mol. The van der Waals surface area contributed by atoms with Gasteiger partial charge in [-0.15, -0.1) is 0 Å². The van der Waals surface area contributed by atoms with Crippen molar-refractivity contribution in [3.63, 3.8) is 0 Å². The lowest BCUT2D eigenvalue weighted by Crippen LogP contribution is -2.31.